The lowest BCUT2D eigenvalue weighted by molar-refractivity contribution is -0.362. The van der Waals surface area contributed by atoms with Crippen LogP contribution in [0.2, 0.25) is 0 Å². The molecule has 0 aromatic heterocycles. The van der Waals surface area contributed by atoms with Gasteiger partial charge in [-0.1, -0.05) is 225 Å². The summed E-state index contributed by atoms with van der Waals surface area (Å²) in [6, 6.07) is 66.0. The zero-order valence-electron chi connectivity index (χ0n) is 70.1. The molecule has 127 heavy (non-hydrogen) atoms. The van der Waals surface area contributed by atoms with Crippen LogP contribution in [0.1, 0.15) is 143 Å². The second kappa shape index (κ2) is 42.2. The largest absolute Gasteiger partial charge is 0.459 e. The minimum absolute atomic E-state index is 0.00268. The number of nitrogens with one attached hydrogen (secondary N) is 1. The highest BCUT2D eigenvalue weighted by Gasteiger charge is 2.60. The van der Waals surface area contributed by atoms with E-state index in [1.165, 1.54) is 121 Å². The summed E-state index contributed by atoms with van der Waals surface area (Å²) in [7, 11) is 0. The van der Waals surface area contributed by atoms with E-state index in [-0.39, 0.29) is 50.1 Å². The number of benzene rings is 10. The fraction of sp³-hybridized carbons (Fsp3) is 0.286. The number of hydrogen-bond acceptors (Lipinski definition) is 26. The molecule has 658 valence electrons. The van der Waals surface area contributed by atoms with E-state index in [1.54, 1.807) is 175 Å². The van der Waals surface area contributed by atoms with E-state index in [9.17, 15) is 19.8 Å². The minimum Gasteiger partial charge on any atom is -0.459 e. The molecule has 10 aromatic carbocycles. The van der Waals surface area contributed by atoms with E-state index < -0.39 is 182 Å². The van der Waals surface area contributed by atoms with Crippen LogP contribution in [0.3, 0.4) is 0 Å². The summed E-state index contributed by atoms with van der Waals surface area (Å²) in [6.45, 7) is 11.3. The standard InChI is InChI=1S/C98H90Cl3NO25/c1-55-19-35-65(36-20-55)85(103)113-52-74-77(119-88(106)67-39-23-57(3)24-40-67)80(121-90(108)69-43-27-59(5)28-44-69)82(123-92(110)71-47-31-61(7)32-48-71)94(116-74)115-54-73-76(112-51-63-15-11-9-12-16-63)79(83(96(117-73)127-97(102)98(99,100)101)124-87(105)64-17-13-10-14-18-64)126-95-84(125-93(111)72-49-33-62(8)34-50-72)81(122-91(109)70-45-29-60(6)30-46-70)78(120-89(107)68-41-25-58(4)26-42-68)75(118-95)53-114-86(104)66-37-21-56(2)22-38-66/h9-50,73-84,94-96,102H,51-54H2,1-8H3/t73-,74-,75-,76-,77-,78-,79+,80+,81+,82-,83-,84-,94-,95+,96-/m1/s1. The first-order chi connectivity index (χ1) is 60.9. The predicted octanol–water partition coefficient (Wildman–Crippen LogP) is 16.3. The smallest absolute Gasteiger partial charge is 0.338 e. The maximum Gasteiger partial charge on any atom is 0.338 e. The second-order valence-corrected chi connectivity index (χ2v) is 33.1. The van der Waals surface area contributed by atoms with Crippen LogP contribution in [0.25, 0.3) is 0 Å². The van der Waals surface area contributed by atoms with E-state index in [0.717, 1.165) is 44.5 Å². The minimum atomic E-state index is -2.75. The Labute approximate surface area is 747 Å². The number of rotatable bonds is 29. The molecule has 1 N–H and O–H groups in total. The fourth-order valence-corrected chi connectivity index (χ4v) is 14.0. The van der Waals surface area contributed by atoms with Crippen LogP contribution in [0.5, 0.6) is 0 Å². The molecule has 0 amide bonds. The Kier molecular flexibility index (Phi) is 30.7. The molecule has 0 bridgehead atoms. The summed E-state index contributed by atoms with van der Waals surface area (Å²) in [5.74, 6) is -10.5. The van der Waals surface area contributed by atoms with Crippen molar-refractivity contribution < 1.29 is 119 Å². The molecule has 0 saturated carbocycles. The van der Waals surface area contributed by atoms with Gasteiger partial charge >= 0.3 is 53.7 Å². The van der Waals surface area contributed by atoms with Crippen molar-refractivity contribution in [1.29, 1.82) is 5.41 Å². The molecule has 10 aromatic rings. The second-order valence-electron chi connectivity index (χ2n) is 30.8. The number of esters is 9. The predicted molar refractivity (Wildman–Crippen MR) is 462 cm³/mol. The highest BCUT2D eigenvalue weighted by molar-refractivity contribution is 6.76. The number of carbonyl (C=O) groups is 9. The Bertz CT molecular complexity index is 5510. The topological polar surface area (TPSA) is 325 Å². The molecule has 29 heteroatoms. The molecule has 0 unspecified atom stereocenters. The molecule has 3 saturated heterocycles. The third kappa shape index (κ3) is 24.2. The number of carbonyl (C=O) groups excluding carboxylic acids is 9. The van der Waals surface area contributed by atoms with Crippen molar-refractivity contribution in [2.45, 2.75) is 158 Å². The van der Waals surface area contributed by atoms with Crippen molar-refractivity contribution in [2.24, 2.45) is 0 Å². The quantitative estimate of drug-likeness (QED) is 0.0150. The number of halogens is 3. The molecule has 13 rings (SSSR count). The number of aryl methyl sites for hydroxylation is 8. The van der Waals surface area contributed by atoms with E-state index in [0.29, 0.717) is 5.56 Å². The molecular formula is C98H90Cl3NO25. The molecule has 26 nitrogen and oxygen atoms in total. The summed E-state index contributed by atoms with van der Waals surface area (Å²) in [5, 5.41) is 9.29. The Morgan fingerprint density at radius 3 is 0.843 bits per heavy atom. The van der Waals surface area contributed by atoms with E-state index in [4.69, 9.17) is 111 Å². The summed E-state index contributed by atoms with van der Waals surface area (Å²) in [6.07, 6.45) is -30.5. The third-order valence-electron chi connectivity index (χ3n) is 21.0. The SMILES string of the molecule is Cc1ccc(C(=O)OC[C@H]2O[C@@H](OC[C@H]3O[C@H](OC(=N)C(Cl)(Cl)Cl)[C@H](OC(=O)c4ccccc4)[C@@H](O[C@@H]4O[C@H](COC(=O)c5ccc(C)cc5)[C@@H](OC(=O)c5ccc(C)cc5)[C@H](OC(=O)c5ccc(C)cc5)[C@H]4OC(=O)c4ccc(C)cc4)[C@@H]3OCc3ccccc3)[C@H](OC(=O)c3ccc(C)cc3)[C@@H](OC(=O)c3ccc(C)cc3)[C@@H]2OC(=O)c2ccc(C)cc2)cc1. The maximum atomic E-state index is 15.4. The highest BCUT2D eigenvalue weighted by Crippen LogP contribution is 2.41. The van der Waals surface area contributed by atoms with Gasteiger partial charge in [0.1, 0.15) is 43.7 Å². The van der Waals surface area contributed by atoms with Crippen LogP contribution in [-0.4, -0.2) is 175 Å². The third-order valence-corrected chi connectivity index (χ3v) is 21.5. The van der Waals surface area contributed by atoms with Gasteiger partial charge in [-0.05, 0) is 170 Å². The van der Waals surface area contributed by atoms with Gasteiger partial charge in [0.15, 0.2) is 55.3 Å². The van der Waals surface area contributed by atoms with Crippen molar-refractivity contribution >= 4 is 94.4 Å². The molecule has 0 spiro atoms. The first-order valence-corrected chi connectivity index (χ1v) is 41.7. The molecule has 3 fully saturated rings. The molecular weight excluding hydrogens is 1700 g/mol. The summed E-state index contributed by atoms with van der Waals surface area (Å²) in [4.78, 5) is 135. The van der Waals surface area contributed by atoms with Crippen molar-refractivity contribution in [3.63, 3.8) is 0 Å². The number of ether oxygens (including phenoxy) is 16. The van der Waals surface area contributed by atoms with Crippen molar-refractivity contribution in [3.8, 4) is 0 Å². The number of alkyl halides is 3. The Morgan fingerprint density at radius 2 is 0.520 bits per heavy atom. The maximum absolute atomic E-state index is 15.4. The molecule has 3 heterocycles. The van der Waals surface area contributed by atoms with E-state index in [1.807, 2.05) is 13.8 Å². The Morgan fingerprint density at radius 1 is 0.268 bits per heavy atom. The summed E-state index contributed by atoms with van der Waals surface area (Å²) >= 11 is 19.6. The fourth-order valence-electron chi connectivity index (χ4n) is 13.9. The van der Waals surface area contributed by atoms with Gasteiger partial charge in [0.25, 0.3) is 3.79 Å². The van der Waals surface area contributed by atoms with Gasteiger partial charge < -0.3 is 75.8 Å². The summed E-state index contributed by atoms with van der Waals surface area (Å²) < 4.78 is 104. The number of hydrogen-bond donors (Lipinski definition) is 1. The Balaban J connectivity index is 0.999. The lowest BCUT2D eigenvalue weighted by atomic mass is 9.95. The molecule has 0 radical (unpaired) electrons. The first-order valence-electron chi connectivity index (χ1n) is 40.6. The lowest BCUT2D eigenvalue weighted by Gasteiger charge is -2.49. The van der Waals surface area contributed by atoms with Gasteiger partial charge in [-0.15, -0.1) is 0 Å². The molecule has 3 aliphatic rings. The van der Waals surface area contributed by atoms with Crippen LogP contribution >= 0.6 is 34.8 Å². The van der Waals surface area contributed by atoms with Crippen LogP contribution in [0, 0.1) is 60.8 Å². The normalized spacial score (nSPS) is 22.0. The van der Waals surface area contributed by atoms with Gasteiger partial charge in [0.05, 0.1) is 63.3 Å². The van der Waals surface area contributed by atoms with E-state index >= 15 is 28.8 Å². The van der Waals surface area contributed by atoms with Gasteiger partial charge in [-0.3, -0.25) is 5.41 Å². The monoisotopic (exact) mass is 1790 g/mol. The van der Waals surface area contributed by atoms with Crippen molar-refractivity contribution in [1.82, 2.24) is 0 Å². The van der Waals surface area contributed by atoms with Crippen molar-refractivity contribution in [2.75, 3.05) is 19.8 Å². The first kappa shape index (κ1) is 92.2. The van der Waals surface area contributed by atoms with Crippen LogP contribution in [0.15, 0.2) is 255 Å². The van der Waals surface area contributed by atoms with E-state index in [2.05, 4.69) is 0 Å². The molecule has 3 aliphatic heterocycles. The van der Waals surface area contributed by atoms with Gasteiger partial charge in [-0.25, -0.2) is 43.2 Å². The van der Waals surface area contributed by atoms with Crippen LogP contribution in [0.4, 0.5) is 0 Å². The van der Waals surface area contributed by atoms with Gasteiger partial charge in [-0.2, -0.15) is 0 Å². The average Bonchev–Trinajstić information content (AvgIpc) is 0.757. The molecule has 0 aliphatic carbocycles. The summed E-state index contributed by atoms with van der Waals surface area (Å²) in [5.41, 5.74) is 6.37. The average molecular weight is 1790 g/mol. The Hall–Kier alpha value is -12.5. The van der Waals surface area contributed by atoms with Crippen LogP contribution < -0.4 is 0 Å². The zero-order valence-corrected chi connectivity index (χ0v) is 72.3. The van der Waals surface area contributed by atoms with Crippen LogP contribution in [-0.2, 0) is 82.4 Å². The highest BCUT2D eigenvalue weighted by atomic mass is 35.6. The molecule has 15 atom stereocenters. The van der Waals surface area contributed by atoms with Crippen molar-refractivity contribution in [3.05, 3.63) is 355 Å². The zero-order chi connectivity index (χ0) is 90.2. The van der Waals surface area contributed by atoms with Gasteiger partial charge in [0, 0.05) is 0 Å². The lowest BCUT2D eigenvalue weighted by Crippen LogP contribution is -2.68. The van der Waals surface area contributed by atoms with Gasteiger partial charge in [0.2, 0.25) is 12.2 Å².